The Bertz CT molecular complexity index is 1140. The van der Waals surface area contributed by atoms with Gasteiger partial charge in [0.15, 0.2) is 5.75 Å². The highest BCUT2D eigenvalue weighted by molar-refractivity contribution is 5.47. The van der Waals surface area contributed by atoms with E-state index < -0.39 is 0 Å². The first-order chi connectivity index (χ1) is 14.2. The van der Waals surface area contributed by atoms with Crippen molar-refractivity contribution in [3.63, 3.8) is 0 Å². The maximum Gasteiger partial charge on any atom is 0.326 e. The predicted molar refractivity (Wildman–Crippen MR) is 109 cm³/mol. The van der Waals surface area contributed by atoms with E-state index in [9.17, 15) is 5.11 Å². The molecule has 2 aliphatic heterocycles. The summed E-state index contributed by atoms with van der Waals surface area (Å²) < 4.78 is 7.72. The first kappa shape index (κ1) is 17.5. The highest BCUT2D eigenvalue weighted by Crippen LogP contribution is 2.28. The lowest BCUT2D eigenvalue weighted by Gasteiger charge is -2.18. The van der Waals surface area contributed by atoms with Gasteiger partial charge in [0.1, 0.15) is 0 Å². The molecule has 2 aliphatic rings. The van der Waals surface area contributed by atoms with Crippen molar-refractivity contribution in [1.29, 1.82) is 0 Å². The van der Waals surface area contributed by atoms with Crippen LogP contribution in [0.3, 0.4) is 0 Å². The third kappa shape index (κ3) is 3.49. The molecule has 2 aromatic heterocycles. The number of aromatic nitrogens is 4. The molecular formula is C21H22N6O2. The van der Waals surface area contributed by atoms with Gasteiger partial charge in [-0.1, -0.05) is 24.3 Å². The molecule has 5 rings (SSSR count). The van der Waals surface area contributed by atoms with E-state index in [-0.39, 0.29) is 17.9 Å². The van der Waals surface area contributed by atoms with E-state index in [1.54, 1.807) is 6.20 Å². The summed E-state index contributed by atoms with van der Waals surface area (Å²) in [5, 5.41) is 15.9. The van der Waals surface area contributed by atoms with Gasteiger partial charge in [-0.15, -0.1) is 0 Å². The van der Waals surface area contributed by atoms with E-state index in [1.807, 2.05) is 41.2 Å². The summed E-state index contributed by atoms with van der Waals surface area (Å²) in [6.07, 6.45) is 8.30. The Hall–Kier alpha value is -3.55. The summed E-state index contributed by atoms with van der Waals surface area (Å²) in [5.41, 5.74) is 1.23. The molecule has 0 unspecified atom stereocenters. The number of para-hydroxylation sites is 1. The van der Waals surface area contributed by atoms with Gasteiger partial charge in [0, 0.05) is 38.6 Å². The van der Waals surface area contributed by atoms with Crippen LogP contribution in [0.4, 0.5) is 5.69 Å². The van der Waals surface area contributed by atoms with Gasteiger partial charge in [-0.05, 0) is 18.6 Å². The Morgan fingerprint density at radius 1 is 1.17 bits per heavy atom. The second kappa shape index (κ2) is 7.12. The number of aromatic hydroxyl groups is 1. The highest BCUT2D eigenvalue weighted by Gasteiger charge is 2.25. The van der Waals surface area contributed by atoms with Crippen LogP contribution in [-0.2, 0) is 0 Å². The molecule has 0 spiro atoms. The molecule has 0 aliphatic carbocycles. The SMILES string of the molecule is CN1C=c2nc(Oc3cnn([C@H]4CCN(c5ccccc5)C4)c3)nc(O)c2=CC1. The summed E-state index contributed by atoms with van der Waals surface area (Å²) in [5.74, 6) is 0.478. The number of nitrogens with zero attached hydrogens (tertiary/aromatic N) is 6. The molecule has 3 aromatic rings. The third-order valence-electron chi connectivity index (χ3n) is 5.31. The molecule has 0 saturated carbocycles. The zero-order chi connectivity index (χ0) is 19.8. The van der Waals surface area contributed by atoms with Crippen molar-refractivity contribution in [1.82, 2.24) is 24.6 Å². The smallest absolute Gasteiger partial charge is 0.326 e. The number of anilines is 1. The first-order valence-corrected chi connectivity index (χ1v) is 9.67. The van der Waals surface area contributed by atoms with Gasteiger partial charge in [-0.3, -0.25) is 4.68 Å². The predicted octanol–water partition coefficient (Wildman–Crippen LogP) is 1.09. The van der Waals surface area contributed by atoms with Crippen molar-refractivity contribution in [3.05, 3.63) is 53.3 Å². The normalized spacial score (nSPS) is 18.2. The van der Waals surface area contributed by atoms with Crippen LogP contribution in [-0.4, -0.2) is 56.4 Å². The van der Waals surface area contributed by atoms with Crippen molar-refractivity contribution < 1.29 is 9.84 Å². The summed E-state index contributed by atoms with van der Waals surface area (Å²) in [6, 6.07) is 10.8. The zero-order valence-corrected chi connectivity index (χ0v) is 16.1. The fourth-order valence-electron chi connectivity index (χ4n) is 3.80. The molecule has 4 heterocycles. The Morgan fingerprint density at radius 3 is 2.90 bits per heavy atom. The summed E-state index contributed by atoms with van der Waals surface area (Å²) in [6.45, 7) is 2.60. The lowest BCUT2D eigenvalue weighted by Crippen LogP contribution is -2.37. The number of hydrogen-bond donors (Lipinski definition) is 1. The van der Waals surface area contributed by atoms with E-state index in [2.05, 4.69) is 44.2 Å². The maximum absolute atomic E-state index is 10.2. The Morgan fingerprint density at radius 2 is 2.03 bits per heavy atom. The summed E-state index contributed by atoms with van der Waals surface area (Å²) in [4.78, 5) is 12.8. The van der Waals surface area contributed by atoms with E-state index in [4.69, 9.17) is 4.74 Å². The van der Waals surface area contributed by atoms with Crippen LogP contribution in [0, 0.1) is 0 Å². The van der Waals surface area contributed by atoms with Gasteiger partial charge in [-0.2, -0.15) is 15.1 Å². The standard InChI is InChI=1S/C21H22N6O2/c1-25-9-8-18-19(14-25)23-21(24-20(18)28)29-17-11-22-27(13-17)16-7-10-26(12-16)15-5-3-2-4-6-15/h2-6,8,11,13-14,16H,7,9-10,12H2,1H3,(H,23,24,28)/t16-/m0/s1. The molecule has 0 radical (unpaired) electrons. The fraction of sp³-hybridized carbons (Fsp3) is 0.286. The zero-order valence-electron chi connectivity index (χ0n) is 16.1. The molecule has 1 N–H and O–H groups in total. The van der Waals surface area contributed by atoms with Gasteiger partial charge in [0.25, 0.3) is 0 Å². The van der Waals surface area contributed by atoms with Crippen LogP contribution in [0.2, 0.25) is 0 Å². The number of benzene rings is 1. The molecule has 0 bridgehead atoms. The van der Waals surface area contributed by atoms with Crippen molar-refractivity contribution in [2.75, 3.05) is 31.6 Å². The molecule has 8 heteroatoms. The van der Waals surface area contributed by atoms with E-state index in [0.29, 0.717) is 22.9 Å². The molecule has 148 valence electrons. The molecule has 1 fully saturated rings. The van der Waals surface area contributed by atoms with Crippen LogP contribution >= 0.6 is 0 Å². The van der Waals surface area contributed by atoms with Gasteiger partial charge in [-0.25, -0.2) is 0 Å². The van der Waals surface area contributed by atoms with Gasteiger partial charge < -0.3 is 19.6 Å². The van der Waals surface area contributed by atoms with Crippen LogP contribution in [0.1, 0.15) is 12.5 Å². The topological polar surface area (TPSA) is 79.5 Å². The first-order valence-electron chi connectivity index (χ1n) is 9.67. The summed E-state index contributed by atoms with van der Waals surface area (Å²) >= 11 is 0. The van der Waals surface area contributed by atoms with Crippen LogP contribution in [0.15, 0.2) is 42.7 Å². The van der Waals surface area contributed by atoms with Gasteiger partial charge in [0.2, 0.25) is 5.88 Å². The quantitative estimate of drug-likeness (QED) is 0.714. The largest absolute Gasteiger partial charge is 0.493 e. The maximum atomic E-state index is 10.2. The molecule has 1 atom stereocenters. The Balaban J connectivity index is 1.32. The van der Waals surface area contributed by atoms with E-state index >= 15 is 0 Å². The monoisotopic (exact) mass is 390 g/mol. The van der Waals surface area contributed by atoms with Crippen LogP contribution in [0.25, 0.3) is 12.3 Å². The van der Waals surface area contributed by atoms with Crippen LogP contribution < -0.4 is 20.2 Å². The van der Waals surface area contributed by atoms with Gasteiger partial charge in [0.05, 0.1) is 29.0 Å². The minimum Gasteiger partial charge on any atom is -0.493 e. The van der Waals surface area contributed by atoms with E-state index in [0.717, 1.165) is 19.5 Å². The fourth-order valence-corrected chi connectivity index (χ4v) is 3.80. The number of hydrogen-bond acceptors (Lipinski definition) is 7. The second-order valence-corrected chi connectivity index (χ2v) is 7.38. The molecule has 0 amide bonds. The average Bonchev–Trinajstić information content (AvgIpc) is 3.38. The van der Waals surface area contributed by atoms with Gasteiger partial charge >= 0.3 is 6.01 Å². The molecule has 8 nitrogen and oxygen atoms in total. The molecule has 29 heavy (non-hydrogen) atoms. The highest BCUT2D eigenvalue weighted by atomic mass is 16.5. The van der Waals surface area contributed by atoms with Crippen molar-refractivity contribution in [2.45, 2.75) is 12.5 Å². The average molecular weight is 390 g/mol. The summed E-state index contributed by atoms with van der Waals surface area (Å²) in [7, 11) is 1.95. The van der Waals surface area contributed by atoms with Crippen molar-refractivity contribution >= 4 is 18.0 Å². The minimum absolute atomic E-state index is 0.0731. The number of fused-ring (bicyclic) bond motifs is 1. The Kier molecular flexibility index (Phi) is 4.31. The molecule has 1 saturated heterocycles. The van der Waals surface area contributed by atoms with E-state index in [1.165, 1.54) is 5.69 Å². The second-order valence-electron chi connectivity index (χ2n) is 7.38. The van der Waals surface area contributed by atoms with Crippen molar-refractivity contribution in [2.24, 2.45) is 0 Å². The number of ether oxygens (including phenoxy) is 1. The molecule has 1 aromatic carbocycles. The minimum atomic E-state index is -0.0731. The number of rotatable bonds is 4. The Labute approximate surface area is 168 Å². The molecular weight excluding hydrogens is 368 g/mol. The van der Waals surface area contributed by atoms with Crippen molar-refractivity contribution in [3.8, 4) is 17.6 Å². The third-order valence-corrected chi connectivity index (χ3v) is 5.31. The lowest BCUT2D eigenvalue weighted by molar-refractivity contribution is 0.397. The lowest BCUT2D eigenvalue weighted by atomic mass is 10.3. The van der Waals surface area contributed by atoms with Crippen LogP contribution in [0.5, 0.6) is 17.6 Å².